The lowest BCUT2D eigenvalue weighted by Crippen LogP contribution is -2.56. The number of aliphatic hydroxyl groups is 1. The number of alkyl halides is 1. The summed E-state index contributed by atoms with van der Waals surface area (Å²) in [5.74, 6) is -1.31. The molecule has 2 atom stereocenters. The number of rotatable bonds is 8. The maximum absolute atomic E-state index is 14.8. The summed E-state index contributed by atoms with van der Waals surface area (Å²) in [5, 5.41) is 23.5. The quantitative estimate of drug-likeness (QED) is 0.373. The molecule has 6 rings (SSSR count). The highest BCUT2D eigenvalue weighted by Gasteiger charge is 2.47. The molecule has 1 aromatic heterocycles. The van der Waals surface area contributed by atoms with Gasteiger partial charge in [-0.1, -0.05) is 41.9 Å². The van der Waals surface area contributed by atoms with E-state index in [4.69, 9.17) is 11.6 Å². The molecule has 3 fully saturated rings. The average Bonchev–Trinajstić information content (AvgIpc) is 3.63. The Morgan fingerprint density at radius 2 is 1.93 bits per heavy atom. The first kappa shape index (κ1) is 29.7. The van der Waals surface area contributed by atoms with Gasteiger partial charge in [-0.05, 0) is 62.1 Å². The van der Waals surface area contributed by atoms with E-state index in [0.29, 0.717) is 29.7 Å². The van der Waals surface area contributed by atoms with E-state index in [1.807, 2.05) is 6.07 Å². The topological polar surface area (TPSA) is 127 Å². The molecule has 1 saturated heterocycles. The Balaban J connectivity index is 1.47. The van der Waals surface area contributed by atoms with Gasteiger partial charge in [-0.2, -0.15) is 5.26 Å². The highest BCUT2D eigenvalue weighted by atomic mass is 35.5. The molecule has 0 spiro atoms. The number of carbonyl (C=O) groups excluding carboxylic acids is 3. The smallest absolute Gasteiger partial charge is 0.251 e. The van der Waals surface area contributed by atoms with Crippen molar-refractivity contribution in [3.8, 4) is 6.07 Å². The molecule has 3 amide bonds. The van der Waals surface area contributed by atoms with Gasteiger partial charge in [-0.3, -0.25) is 24.2 Å². The van der Waals surface area contributed by atoms with Crippen molar-refractivity contribution < 1.29 is 23.9 Å². The Hall–Kier alpha value is -4.33. The maximum Gasteiger partial charge on any atom is 0.251 e. The highest BCUT2D eigenvalue weighted by molar-refractivity contribution is 6.31. The Kier molecular flexibility index (Phi) is 7.64. The molecule has 11 heteroatoms. The van der Waals surface area contributed by atoms with E-state index >= 15 is 0 Å². The molecule has 3 aromatic rings. The second kappa shape index (κ2) is 11.3. The van der Waals surface area contributed by atoms with Crippen molar-refractivity contribution in [2.24, 2.45) is 0 Å². The molecule has 44 heavy (non-hydrogen) atoms. The number of benzene rings is 2. The van der Waals surface area contributed by atoms with Crippen LogP contribution in [-0.4, -0.2) is 45.6 Å². The summed E-state index contributed by atoms with van der Waals surface area (Å²) in [7, 11) is 0. The molecule has 2 aliphatic carbocycles. The summed E-state index contributed by atoms with van der Waals surface area (Å²) in [4.78, 5) is 49.0. The van der Waals surface area contributed by atoms with Crippen LogP contribution in [0.4, 0.5) is 15.9 Å². The van der Waals surface area contributed by atoms with Gasteiger partial charge >= 0.3 is 0 Å². The van der Waals surface area contributed by atoms with Gasteiger partial charge in [0.2, 0.25) is 11.8 Å². The van der Waals surface area contributed by atoms with Gasteiger partial charge in [0.25, 0.3) is 5.91 Å². The molecule has 226 valence electrons. The first-order chi connectivity index (χ1) is 21.0. The maximum atomic E-state index is 14.8. The summed E-state index contributed by atoms with van der Waals surface area (Å²) < 4.78 is 14.4. The summed E-state index contributed by atoms with van der Waals surface area (Å²) in [5.41, 5.74) is -0.871. The molecular formula is C33H31ClFN5O4. The second-order valence-electron chi connectivity index (χ2n) is 12.1. The Labute approximate surface area is 259 Å². The molecular weight excluding hydrogens is 585 g/mol. The fraction of sp³-hybridized carbons (Fsp3) is 0.364. The third-order valence-electron chi connectivity index (χ3n) is 8.64. The fourth-order valence-corrected chi connectivity index (χ4v) is 6.42. The lowest BCUT2D eigenvalue weighted by Gasteiger charge is -2.41. The van der Waals surface area contributed by atoms with Crippen LogP contribution in [0.1, 0.15) is 68.2 Å². The van der Waals surface area contributed by atoms with Crippen molar-refractivity contribution in [3.63, 3.8) is 0 Å². The minimum Gasteiger partial charge on any atom is -0.385 e. The molecule has 2 saturated carbocycles. The number of halogens is 2. The van der Waals surface area contributed by atoms with Crippen LogP contribution in [0.2, 0.25) is 5.02 Å². The zero-order chi connectivity index (χ0) is 31.2. The van der Waals surface area contributed by atoms with Gasteiger partial charge in [0.05, 0.1) is 17.2 Å². The normalized spacial score (nSPS) is 24.2. The van der Waals surface area contributed by atoms with Crippen molar-refractivity contribution in [1.29, 1.82) is 5.26 Å². The van der Waals surface area contributed by atoms with Crippen LogP contribution < -0.4 is 15.1 Å². The number of carbonyl (C=O) groups is 3. The van der Waals surface area contributed by atoms with Gasteiger partial charge in [-0.25, -0.2) is 9.37 Å². The number of hydrogen-bond donors (Lipinski definition) is 2. The lowest BCUT2D eigenvalue weighted by molar-refractivity contribution is -0.128. The van der Waals surface area contributed by atoms with Crippen LogP contribution in [0.3, 0.4) is 0 Å². The molecule has 1 unspecified atom stereocenters. The number of nitriles is 1. The van der Waals surface area contributed by atoms with Crippen LogP contribution in [0, 0.1) is 11.3 Å². The SMILES string of the molecule is CC1(F)CC(NC(=O)C(c2ccccc2Cl)N(C(=O)[C@@H]2CCC(=O)N2c2cc(C#N)ccn2)c2cccc(C3(O)CC3)c2)C1. The molecule has 2 heterocycles. The van der Waals surface area contributed by atoms with E-state index in [1.54, 1.807) is 48.5 Å². The fourth-order valence-electron chi connectivity index (χ4n) is 6.19. The van der Waals surface area contributed by atoms with E-state index < -0.39 is 41.2 Å². The van der Waals surface area contributed by atoms with Crippen molar-refractivity contribution in [1.82, 2.24) is 10.3 Å². The minimum absolute atomic E-state index is 0.0581. The van der Waals surface area contributed by atoms with E-state index in [1.165, 1.54) is 35.1 Å². The zero-order valence-corrected chi connectivity index (χ0v) is 24.8. The van der Waals surface area contributed by atoms with Gasteiger partial charge < -0.3 is 10.4 Å². The number of aromatic nitrogens is 1. The van der Waals surface area contributed by atoms with Gasteiger partial charge in [0.1, 0.15) is 23.6 Å². The largest absolute Gasteiger partial charge is 0.385 e. The van der Waals surface area contributed by atoms with E-state index in [9.17, 15) is 29.1 Å². The number of pyridine rings is 1. The van der Waals surface area contributed by atoms with Crippen LogP contribution in [0.25, 0.3) is 0 Å². The molecule has 0 radical (unpaired) electrons. The van der Waals surface area contributed by atoms with Crippen molar-refractivity contribution in [3.05, 3.63) is 88.6 Å². The number of hydrogen-bond acceptors (Lipinski definition) is 6. The van der Waals surface area contributed by atoms with Crippen LogP contribution >= 0.6 is 11.6 Å². The van der Waals surface area contributed by atoms with Crippen molar-refractivity contribution in [2.75, 3.05) is 9.80 Å². The molecule has 0 bridgehead atoms. The Morgan fingerprint density at radius 3 is 2.61 bits per heavy atom. The molecule has 2 aromatic carbocycles. The Morgan fingerprint density at radius 1 is 1.18 bits per heavy atom. The third kappa shape index (κ3) is 5.65. The minimum atomic E-state index is -1.39. The molecule has 9 nitrogen and oxygen atoms in total. The van der Waals surface area contributed by atoms with Gasteiger partial charge in [0, 0.05) is 47.8 Å². The lowest BCUT2D eigenvalue weighted by atomic mass is 9.78. The van der Waals surface area contributed by atoms with E-state index in [0.717, 1.165) is 0 Å². The molecule has 3 aliphatic rings. The Bertz CT molecular complexity index is 1680. The van der Waals surface area contributed by atoms with Crippen LogP contribution in [0.15, 0.2) is 66.9 Å². The van der Waals surface area contributed by atoms with Gasteiger partial charge in [-0.15, -0.1) is 0 Å². The van der Waals surface area contributed by atoms with Crippen LogP contribution in [-0.2, 0) is 20.0 Å². The standard InChI is InChI=1S/C33H31ClFN5O4/c1-32(35)17-22(18-32)38-30(42)29(24-7-2-3-8-25(24)34)39(23-6-4-5-21(16-23)33(44)12-13-33)31(43)26-9-10-28(41)40(26)27-15-20(19-36)11-14-37-27/h2-8,11,14-16,22,26,29,44H,9-10,12-13,17-18H2,1H3,(H,38,42)/t22?,26-,29?,32?/m0/s1. The van der Waals surface area contributed by atoms with E-state index in [2.05, 4.69) is 10.3 Å². The number of nitrogens with zero attached hydrogens (tertiary/aromatic N) is 4. The van der Waals surface area contributed by atoms with E-state index in [-0.39, 0.29) is 48.0 Å². The summed E-state index contributed by atoms with van der Waals surface area (Å²) >= 11 is 6.66. The number of nitrogens with one attached hydrogen (secondary N) is 1. The first-order valence-corrected chi connectivity index (χ1v) is 15.0. The predicted molar refractivity (Wildman–Crippen MR) is 161 cm³/mol. The van der Waals surface area contributed by atoms with Crippen molar-refractivity contribution >= 4 is 40.8 Å². The second-order valence-corrected chi connectivity index (χ2v) is 12.5. The third-order valence-corrected chi connectivity index (χ3v) is 8.98. The molecule has 2 N–H and O–H groups in total. The highest BCUT2D eigenvalue weighted by Crippen LogP contribution is 2.47. The number of amides is 3. The monoisotopic (exact) mass is 615 g/mol. The summed E-state index contributed by atoms with van der Waals surface area (Å²) in [6, 6.07) is 15.7. The average molecular weight is 616 g/mol. The summed E-state index contributed by atoms with van der Waals surface area (Å²) in [6.07, 6.45) is 3.00. The molecule has 1 aliphatic heterocycles. The van der Waals surface area contributed by atoms with Gasteiger partial charge in [0.15, 0.2) is 0 Å². The first-order valence-electron chi connectivity index (χ1n) is 14.6. The van der Waals surface area contributed by atoms with Crippen molar-refractivity contribution in [2.45, 2.75) is 74.8 Å². The number of anilines is 2. The predicted octanol–water partition coefficient (Wildman–Crippen LogP) is 4.86. The zero-order valence-electron chi connectivity index (χ0n) is 24.0. The summed E-state index contributed by atoms with van der Waals surface area (Å²) in [6.45, 7) is 1.48. The van der Waals surface area contributed by atoms with Crippen LogP contribution in [0.5, 0.6) is 0 Å².